The van der Waals surface area contributed by atoms with Crippen LogP contribution in [0, 0.1) is 12.7 Å². The molecule has 2 aromatic heterocycles. The first-order chi connectivity index (χ1) is 12.5. The third-order valence-electron chi connectivity index (χ3n) is 3.54. The van der Waals surface area contributed by atoms with E-state index in [1.54, 1.807) is 37.4 Å². The summed E-state index contributed by atoms with van der Waals surface area (Å²) < 4.78 is 13.4. The number of anilines is 4. The van der Waals surface area contributed by atoms with E-state index in [4.69, 9.17) is 17.4 Å². The van der Waals surface area contributed by atoms with Crippen LogP contribution in [0.1, 0.15) is 11.1 Å². The highest BCUT2D eigenvalue weighted by molar-refractivity contribution is 6.29. The van der Waals surface area contributed by atoms with E-state index in [0.29, 0.717) is 40.5 Å². The van der Waals surface area contributed by atoms with Crippen LogP contribution in [0.5, 0.6) is 0 Å². The van der Waals surface area contributed by atoms with Crippen molar-refractivity contribution in [1.29, 1.82) is 0 Å². The van der Waals surface area contributed by atoms with Crippen molar-refractivity contribution >= 4 is 34.9 Å². The number of rotatable bonds is 6. The molecular formula is C17H17ClFN7. The van der Waals surface area contributed by atoms with Crippen LogP contribution in [0.15, 0.2) is 42.6 Å². The standard InChI is InChI=1S/C17H17ClFN7/c1-10-6-12(3-4-13(10)19)23-15-7-16(26-20)25-17(24-15)22-9-11-2-5-14(18)21-8-11/h2-8H,9,20H2,1H3,(H3,22,23,24,25,26). The van der Waals surface area contributed by atoms with Crippen molar-refractivity contribution in [3.63, 3.8) is 0 Å². The molecule has 3 aromatic rings. The second-order valence-electron chi connectivity index (χ2n) is 5.54. The zero-order valence-corrected chi connectivity index (χ0v) is 14.7. The molecule has 0 aliphatic rings. The van der Waals surface area contributed by atoms with Gasteiger partial charge in [-0.1, -0.05) is 17.7 Å². The summed E-state index contributed by atoms with van der Waals surface area (Å²) in [7, 11) is 0. The molecule has 0 aliphatic carbocycles. The highest BCUT2D eigenvalue weighted by Gasteiger charge is 2.06. The van der Waals surface area contributed by atoms with Crippen molar-refractivity contribution in [3.8, 4) is 0 Å². The summed E-state index contributed by atoms with van der Waals surface area (Å²) >= 11 is 5.78. The van der Waals surface area contributed by atoms with Crippen LogP contribution in [0.3, 0.4) is 0 Å². The maximum atomic E-state index is 13.4. The summed E-state index contributed by atoms with van der Waals surface area (Å²) in [5, 5.41) is 6.64. The molecule has 0 amide bonds. The molecule has 0 fully saturated rings. The maximum absolute atomic E-state index is 13.4. The average molecular weight is 374 g/mol. The van der Waals surface area contributed by atoms with Crippen molar-refractivity contribution < 1.29 is 4.39 Å². The summed E-state index contributed by atoms with van der Waals surface area (Å²) in [6.45, 7) is 2.16. The number of hydrogen-bond donors (Lipinski definition) is 4. The van der Waals surface area contributed by atoms with Gasteiger partial charge in [0.25, 0.3) is 0 Å². The second-order valence-corrected chi connectivity index (χ2v) is 5.93. The number of hydrogen-bond acceptors (Lipinski definition) is 7. The van der Waals surface area contributed by atoms with Crippen LogP contribution in [0.25, 0.3) is 0 Å². The lowest BCUT2D eigenvalue weighted by molar-refractivity contribution is 0.619. The van der Waals surface area contributed by atoms with E-state index in [1.165, 1.54) is 6.07 Å². The van der Waals surface area contributed by atoms with E-state index in [9.17, 15) is 4.39 Å². The van der Waals surface area contributed by atoms with Crippen LogP contribution in [0.4, 0.5) is 27.7 Å². The molecule has 1 aromatic carbocycles. The molecule has 0 bridgehead atoms. The van der Waals surface area contributed by atoms with Gasteiger partial charge in [0.2, 0.25) is 5.95 Å². The summed E-state index contributed by atoms with van der Waals surface area (Å²) in [5.74, 6) is 6.53. The highest BCUT2D eigenvalue weighted by Crippen LogP contribution is 2.21. The van der Waals surface area contributed by atoms with Gasteiger partial charge < -0.3 is 16.1 Å². The smallest absolute Gasteiger partial charge is 0.226 e. The average Bonchev–Trinajstić information content (AvgIpc) is 2.64. The largest absolute Gasteiger partial charge is 0.350 e. The normalized spacial score (nSPS) is 10.5. The zero-order chi connectivity index (χ0) is 18.5. The minimum Gasteiger partial charge on any atom is -0.350 e. The summed E-state index contributed by atoms with van der Waals surface area (Å²) in [5.41, 5.74) is 4.67. The SMILES string of the molecule is Cc1cc(Nc2cc(NN)nc(NCc3ccc(Cl)nc3)n2)ccc1F. The molecule has 0 aliphatic heterocycles. The number of nitrogens with one attached hydrogen (secondary N) is 3. The number of aryl methyl sites for hydroxylation is 1. The van der Waals surface area contributed by atoms with Crippen LogP contribution in [-0.2, 0) is 6.54 Å². The van der Waals surface area contributed by atoms with E-state index in [-0.39, 0.29) is 5.82 Å². The molecule has 0 saturated carbocycles. The first kappa shape index (κ1) is 17.8. The van der Waals surface area contributed by atoms with E-state index in [0.717, 1.165) is 5.56 Å². The van der Waals surface area contributed by atoms with E-state index >= 15 is 0 Å². The monoisotopic (exact) mass is 373 g/mol. The van der Waals surface area contributed by atoms with Crippen molar-refractivity contribution in [2.75, 3.05) is 16.1 Å². The number of aromatic nitrogens is 3. The van der Waals surface area contributed by atoms with Crippen molar-refractivity contribution in [2.24, 2.45) is 5.84 Å². The van der Waals surface area contributed by atoms with Gasteiger partial charge in [0, 0.05) is 24.5 Å². The van der Waals surface area contributed by atoms with E-state index in [2.05, 4.69) is 31.0 Å². The highest BCUT2D eigenvalue weighted by atomic mass is 35.5. The fraction of sp³-hybridized carbons (Fsp3) is 0.118. The second kappa shape index (κ2) is 7.94. The molecule has 26 heavy (non-hydrogen) atoms. The Bertz CT molecular complexity index is 902. The number of halogens is 2. The lowest BCUT2D eigenvalue weighted by atomic mass is 10.2. The van der Waals surface area contributed by atoms with Crippen molar-refractivity contribution in [2.45, 2.75) is 13.5 Å². The molecule has 3 rings (SSSR count). The van der Waals surface area contributed by atoms with Gasteiger partial charge in [-0.25, -0.2) is 15.2 Å². The number of nitrogens with two attached hydrogens (primary N) is 1. The lowest BCUT2D eigenvalue weighted by Crippen LogP contribution is -2.12. The fourth-order valence-corrected chi connectivity index (χ4v) is 2.34. The Morgan fingerprint density at radius 3 is 2.62 bits per heavy atom. The minimum atomic E-state index is -0.263. The number of nitrogen functional groups attached to an aromatic ring is 1. The Morgan fingerprint density at radius 2 is 1.92 bits per heavy atom. The number of nitrogens with zero attached hydrogens (tertiary/aromatic N) is 3. The molecule has 0 radical (unpaired) electrons. The Kier molecular flexibility index (Phi) is 5.45. The molecule has 0 spiro atoms. The third-order valence-corrected chi connectivity index (χ3v) is 3.77. The molecule has 0 unspecified atom stereocenters. The van der Waals surface area contributed by atoms with Gasteiger partial charge >= 0.3 is 0 Å². The van der Waals surface area contributed by atoms with Gasteiger partial charge in [-0.05, 0) is 42.3 Å². The van der Waals surface area contributed by atoms with Crippen LogP contribution in [0.2, 0.25) is 5.15 Å². The predicted molar refractivity (Wildman–Crippen MR) is 101 cm³/mol. The van der Waals surface area contributed by atoms with Crippen LogP contribution >= 0.6 is 11.6 Å². The Morgan fingerprint density at radius 1 is 1.12 bits per heavy atom. The summed E-state index contributed by atoms with van der Waals surface area (Å²) in [6, 6.07) is 9.93. The predicted octanol–water partition coefficient (Wildman–Crippen LogP) is 3.61. The van der Waals surface area contributed by atoms with Gasteiger partial charge in [-0.3, -0.25) is 0 Å². The quantitative estimate of drug-likeness (QED) is 0.297. The van der Waals surface area contributed by atoms with Crippen LogP contribution in [-0.4, -0.2) is 15.0 Å². The lowest BCUT2D eigenvalue weighted by Gasteiger charge is -2.11. The molecule has 0 saturated heterocycles. The number of hydrazine groups is 1. The summed E-state index contributed by atoms with van der Waals surface area (Å²) in [4.78, 5) is 12.7. The molecule has 7 nitrogen and oxygen atoms in total. The fourth-order valence-electron chi connectivity index (χ4n) is 2.23. The molecular weight excluding hydrogens is 357 g/mol. The summed E-state index contributed by atoms with van der Waals surface area (Å²) in [6.07, 6.45) is 1.67. The van der Waals surface area contributed by atoms with Crippen molar-refractivity contribution in [1.82, 2.24) is 15.0 Å². The number of benzene rings is 1. The Hall–Kier alpha value is -2.97. The first-order valence-corrected chi connectivity index (χ1v) is 8.14. The third kappa shape index (κ3) is 4.56. The molecule has 2 heterocycles. The number of pyridine rings is 1. The van der Waals surface area contributed by atoms with E-state index in [1.807, 2.05) is 6.07 Å². The maximum Gasteiger partial charge on any atom is 0.226 e. The minimum absolute atomic E-state index is 0.263. The van der Waals surface area contributed by atoms with Gasteiger partial charge in [0.15, 0.2) is 0 Å². The van der Waals surface area contributed by atoms with Crippen molar-refractivity contribution in [3.05, 3.63) is 64.7 Å². The Labute approximate surface area is 154 Å². The molecule has 0 atom stereocenters. The first-order valence-electron chi connectivity index (χ1n) is 7.76. The molecule has 9 heteroatoms. The van der Waals surface area contributed by atoms with E-state index < -0.39 is 0 Å². The molecule has 5 N–H and O–H groups in total. The van der Waals surface area contributed by atoms with Crippen LogP contribution < -0.4 is 21.9 Å². The van der Waals surface area contributed by atoms with Gasteiger partial charge in [-0.15, -0.1) is 0 Å². The zero-order valence-electron chi connectivity index (χ0n) is 13.9. The van der Waals surface area contributed by atoms with Gasteiger partial charge in [0.1, 0.15) is 22.6 Å². The van der Waals surface area contributed by atoms with Gasteiger partial charge in [0.05, 0.1) is 0 Å². The Balaban J connectivity index is 1.77. The van der Waals surface area contributed by atoms with Gasteiger partial charge in [-0.2, -0.15) is 9.97 Å². The molecule has 134 valence electrons. The topological polar surface area (TPSA) is 101 Å².